The predicted octanol–water partition coefficient (Wildman–Crippen LogP) is 3.51. The fourth-order valence-electron chi connectivity index (χ4n) is 3.35. The van der Waals surface area contributed by atoms with Crippen LogP contribution in [0.4, 0.5) is 4.39 Å². The second-order valence-electron chi connectivity index (χ2n) is 6.65. The molecular weight excluding hydrogens is 345 g/mol. The highest BCUT2D eigenvalue weighted by Gasteiger charge is 2.40. The molecule has 1 N–H and O–H groups in total. The maximum atomic E-state index is 14.3. The lowest BCUT2D eigenvalue weighted by Gasteiger charge is -2.37. The number of halogens is 1. The van der Waals surface area contributed by atoms with E-state index in [4.69, 9.17) is 4.74 Å². The van der Waals surface area contributed by atoms with Crippen molar-refractivity contribution in [2.45, 2.75) is 26.4 Å². The Labute approximate surface area is 149 Å². The van der Waals surface area contributed by atoms with Crippen molar-refractivity contribution in [3.8, 4) is 0 Å². The van der Waals surface area contributed by atoms with Crippen LogP contribution in [0.25, 0.3) is 10.1 Å². The van der Waals surface area contributed by atoms with Gasteiger partial charge in [-0.25, -0.2) is 4.39 Å². The van der Waals surface area contributed by atoms with Gasteiger partial charge in [0.1, 0.15) is 5.82 Å². The molecule has 2 aromatic rings. The van der Waals surface area contributed by atoms with Gasteiger partial charge in [-0.1, -0.05) is 6.07 Å². The summed E-state index contributed by atoms with van der Waals surface area (Å²) < 4.78 is 20.1. The summed E-state index contributed by atoms with van der Waals surface area (Å²) in [5, 5.41) is 9.86. The smallest absolute Gasteiger partial charge is 0.311 e. The molecule has 0 spiro atoms. The average Bonchev–Trinajstić information content (AvgIpc) is 2.94. The topological polar surface area (TPSA) is 66.8 Å². The summed E-state index contributed by atoms with van der Waals surface area (Å²) in [4.78, 5) is 26.6. The van der Waals surface area contributed by atoms with Crippen molar-refractivity contribution < 1.29 is 23.8 Å². The highest BCUT2D eigenvalue weighted by atomic mass is 32.1. The van der Waals surface area contributed by atoms with E-state index in [2.05, 4.69) is 0 Å². The van der Waals surface area contributed by atoms with Gasteiger partial charge in [-0.2, -0.15) is 0 Å². The Balaban J connectivity index is 2.01. The first-order valence-corrected chi connectivity index (χ1v) is 8.90. The number of ether oxygens (including phenoxy) is 1. The third kappa shape index (κ3) is 3.14. The molecule has 1 atom stereocenters. The molecule has 134 valence electrons. The van der Waals surface area contributed by atoms with Crippen molar-refractivity contribution in [3.63, 3.8) is 0 Å². The van der Waals surface area contributed by atoms with E-state index in [-0.39, 0.29) is 24.9 Å². The van der Waals surface area contributed by atoms with E-state index in [1.165, 1.54) is 24.5 Å². The molecule has 7 heteroatoms. The van der Waals surface area contributed by atoms with Crippen LogP contribution in [0, 0.1) is 11.2 Å². The monoisotopic (exact) mass is 365 g/mol. The fourth-order valence-corrected chi connectivity index (χ4v) is 4.54. The highest BCUT2D eigenvalue weighted by Crippen LogP contribution is 2.36. The molecule has 5 nitrogen and oxygen atoms in total. The van der Waals surface area contributed by atoms with Gasteiger partial charge < -0.3 is 14.7 Å². The molecular formula is C18H20FNO4S. The van der Waals surface area contributed by atoms with Crippen LogP contribution >= 0.6 is 11.3 Å². The van der Waals surface area contributed by atoms with E-state index in [0.29, 0.717) is 39.9 Å². The van der Waals surface area contributed by atoms with Crippen LogP contribution in [-0.2, 0) is 16.1 Å². The van der Waals surface area contributed by atoms with Crippen LogP contribution in [0.15, 0.2) is 18.2 Å². The predicted molar refractivity (Wildman–Crippen MR) is 93.4 cm³/mol. The Kier molecular flexibility index (Phi) is 4.79. The van der Waals surface area contributed by atoms with Gasteiger partial charge in [0.2, 0.25) is 0 Å². The summed E-state index contributed by atoms with van der Waals surface area (Å²) in [6.07, 6.45) is 1.17. The minimum atomic E-state index is -0.947. The van der Waals surface area contributed by atoms with Gasteiger partial charge in [-0.3, -0.25) is 9.59 Å². The molecule has 1 aliphatic rings. The highest BCUT2D eigenvalue weighted by molar-refractivity contribution is 7.21. The zero-order valence-corrected chi connectivity index (χ0v) is 15.0. The van der Waals surface area contributed by atoms with E-state index < -0.39 is 11.4 Å². The van der Waals surface area contributed by atoms with E-state index in [9.17, 15) is 19.1 Å². The Hall–Kier alpha value is -1.99. The largest absolute Gasteiger partial charge is 0.481 e. The minimum Gasteiger partial charge on any atom is -0.481 e. The van der Waals surface area contributed by atoms with Crippen molar-refractivity contribution in [2.24, 2.45) is 5.41 Å². The van der Waals surface area contributed by atoms with Gasteiger partial charge in [0, 0.05) is 35.8 Å². The number of thiophene rings is 1. The number of carbonyl (C=O) groups is 2. The van der Waals surface area contributed by atoms with Crippen LogP contribution in [0.2, 0.25) is 0 Å². The number of hydrogen-bond donors (Lipinski definition) is 1. The number of carbonyl (C=O) groups excluding carboxylic acids is 1. The fraction of sp³-hybridized carbons (Fsp3) is 0.444. The molecule has 0 bridgehead atoms. The number of carboxylic acids is 1. The van der Waals surface area contributed by atoms with Crippen LogP contribution < -0.4 is 0 Å². The Morgan fingerprint density at radius 1 is 1.44 bits per heavy atom. The summed E-state index contributed by atoms with van der Waals surface area (Å²) >= 11 is 1.23. The summed E-state index contributed by atoms with van der Waals surface area (Å²) in [5.74, 6) is -1.53. The number of hydrogen-bond acceptors (Lipinski definition) is 4. The lowest BCUT2D eigenvalue weighted by atomic mass is 9.82. The van der Waals surface area contributed by atoms with Crippen molar-refractivity contribution in [2.75, 3.05) is 20.2 Å². The normalized spacial score (nSPS) is 20.8. The van der Waals surface area contributed by atoms with Gasteiger partial charge in [-0.15, -0.1) is 11.3 Å². The molecule has 0 radical (unpaired) electrons. The van der Waals surface area contributed by atoms with Gasteiger partial charge >= 0.3 is 5.97 Å². The number of methoxy groups -OCH3 is 1. The molecule has 1 unspecified atom stereocenters. The van der Waals surface area contributed by atoms with E-state index in [1.54, 1.807) is 24.0 Å². The molecule has 1 amide bonds. The zero-order chi connectivity index (χ0) is 18.2. The number of nitrogens with zero attached hydrogens (tertiary/aromatic N) is 1. The molecule has 2 heterocycles. The molecule has 3 rings (SSSR count). The Morgan fingerprint density at radius 3 is 2.88 bits per heavy atom. The van der Waals surface area contributed by atoms with E-state index in [0.717, 1.165) is 0 Å². The van der Waals surface area contributed by atoms with Crippen LogP contribution in [0.5, 0.6) is 0 Å². The Morgan fingerprint density at radius 2 is 2.20 bits per heavy atom. The molecule has 1 aliphatic heterocycles. The van der Waals surface area contributed by atoms with Gasteiger partial charge in [0.15, 0.2) is 0 Å². The number of rotatable bonds is 4. The quantitative estimate of drug-likeness (QED) is 0.900. The Bertz CT molecular complexity index is 834. The van der Waals surface area contributed by atoms with Crippen molar-refractivity contribution in [1.82, 2.24) is 4.90 Å². The van der Waals surface area contributed by atoms with E-state index in [1.807, 2.05) is 0 Å². The molecule has 0 saturated carbocycles. The van der Waals surface area contributed by atoms with Crippen LogP contribution in [0.1, 0.15) is 35.0 Å². The SMILES string of the molecule is COCc1c(C(=O)N2CCCC(C)(C(=O)O)C2)sc2cccc(F)c12. The zero-order valence-electron chi connectivity index (χ0n) is 14.2. The summed E-state index contributed by atoms with van der Waals surface area (Å²) in [7, 11) is 1.50. The maximum absolute atomic E-state index is 14.3. The lowest BCUT2D eigenvalue weighted by molar-refractivity contribution is -0.150. The molecule has 1 saturated heterocycles. The molecule has 1 aromatic carbocycles. The first kappa shape index (κ1) is 17.8. The number of fused-ring (bicyclic) bond motifs is 1. The molecule has 1 aromatic heterocycles. The first-order chi connectivity index (χ1) is 11.9. The van der Waals surface area contributed by atoms with Crippen LogP contribution in [0.3, 0.4) is 0 Å². The first-order valence-electron chi connectivity index (χ1n) is 8.09. The molecule has 25 heavy (non-hydrogen) atoms. The third-order valence-corrected chi connectivity index (χ3v) is 5.93. The second kappa shape index (κ2) is 6.72. The van der Waals surface area contributed by atoms with Gasteiger partial charge in [-0.05, 0) is 31.9 Å². The lowest BCUT2D eigenvalue weighted by Crippen LogP contribution is -2.48. The van der Waals surface area contributed by atoms with E-state index >= 15 is 0 Å². The number of likely N-dealkylation sites (tertiary alicyclic amines) is 1. The third-order valence-electron chi connectivity index (χ3n) is 4.75. The molecule has 0 aliphatic carbocycles. The maximum Gasteiger partial charge on any atom is 0.311 e. The van der Waals surface area contributed by atoms with Gasteiger partial charge in [0.05, 0.1) is 16.9 Å². The average molecular weight is 365 g/mol. The number of carboxylic acid groups (broad SMARTS) is 1. The standard InChI is InChI=1S/C18H20FNO4S/c1-18(17(22)23)7-4-8-20(10-18)16(21)15-11(9-24-2)14-12(19)5-3-6-13(14)25-15/h3,5-6H,4,7-10H2,1-2H3,(H,22,23). The van der Waals surface area contributed by atoms with Crippen molar-refractivity contribution >= 4 is 33.3 Å². The number of benzene rings is 1. The number of aliphatic carboxylic acids is 1. The number of piperidine rings is 1. The summed E-state index contributed by atoms with van der Waals surface area (Å²) in [5.41, 5.74) is -0.412. The van der Waals surface area contributed by atoms with Crippen LogP contribution in [-0.4, -0.2) is 42.1 Å². The van der Waals surface area contributed by atoms with Crippen molar-refractivity contribution in [3.05, 3.63) is 34.5 Å². The summed E-state index contributed by atoms with van der Waals surface area (Å²) in [6, 6.07) is 4.75. The molecule has 1 fully saturated rings. The second-order valence-corrected chi connectivity index (χ2v) is 7.70. The van der Waals surface area contributed by atoms with Gasteiger partial charge in [0.25, 0.3) is 5.91 Å². The minimum absolute atomic E-state index is 0.131. The number of amides is 1. The summed E-state index contributed by atoms with van der Waals surface area (Å²) in [6.45, 7) is 2.46. The van der Waals surface area contributed by atoms with Crippen molar-refractivity contribution in [1.29, 1.82) is 0 Å².